The molecule has 19 heavy (non-hydrogen) atoms. The van der Waals surface area contributed by atoms with E-state index in [1.165, 1.54) is 12.1 Å². The molecule has 2 aromatic rings. The van der Waals surface area contributed by atoms with Gasteiger partial charge in [0.25, 0.3) is 5.69 Å². The summed E-state index contributed by atoms with van der Waals surface area (Å²) in [6, 6.07) is 12.4. The maximum absolute atomic E-state index is 10.6. The highest BCUT2D eigenvalue weighted by molar-refractivity contribution is 9.11. The predicted octanol–water partition coefficient (Wildman–Crippen LogP) is 4.73. The number of anilines is 1. The first kappa shape index (κ1) is 14.0. The van der Waals surface area contributed by atoms with Crippen molar-refractivity contribution in [3.8, 4) is 0 Å². The van der Waals surface area contributed by atoms with E-state index < -0.39 is 4.92 Å². The third-order valence-electron chi connectivity index (χ3n) is 2.56. The fraction of sp³-hybridized carbons (Fsp3) is 0.0769. The molecule has 0 saturated carbocycles. The summed E-state index contributed by atoms with van der Waals surface area (Å²) in [5, 5.41) is 13.8. The van der Waals surface area contributed by atoms with Gasteiger partial charge < -0.3 is 5.32 Å². The lowest BCUT2D eigenvalue weighted by molar-refractivity contribution is -0.384. The molecule has 98 valence electrons. The lowest BCUT2D eigenvalue weighted by Gasteiger charge is -2.09. The molecule has 0 aliphatic rings. The van der Waals surface area contributed by atoms with Gasteiger partial charge in [0, 0.05) is 33.3 Å². The van der Waals surface area contributed by atoms with Crippen LogP contribution in [0.4, 0.5) is 11.4 Å². The summed E-state index contributed by atoms with van der Waals surface area (Å²) in [5.74, 6) is 0. The molecular formula is C13H10Br2N2O2. The number of nitro groups is 1. The van der Waals surface area contributed by atoms with E-state index in [4.69, 9.17) is 0 Å². The molecule has 0 aromatic heterocycles. The highest BCUT2D eigenvalue weighted by Gasteiger charge is 2.04. The first-order valence-corrected chi connectivity index (χ1v) is 7.07. The van der Waals surface area contributed by atoms with Gasteiger partial charge in [-0.3, -0.25) is 10.1 Å². The van der Waals surface area contributed by atoms with Gasteiger partial charge >= 0.3 is 0 Å². The Hall–Kier alpha value is -1.40. The molecule has 0 spiro atoms. The molecule has 0 aliphatic heterocycles. The first-order chi connectivity index (χ1) is 9.06. The number of nitrogens with one attached hydrogen (secondary N) is 1. The van der Waals surface area contributed by atoms with E-state index in [1.54, 1.807) is 12.1 Å². The predicted molar refractivity (Wildman–Crippen MR) is 82.3 cm³/mol. The van der Waals surface area contributed by atoms with E-state index in [0.29, 0.717) is 6.54 Å². The van der Waals surface area contributed by atoms with Crippen LogP contribution in [0.2, 0.25) is 0 Å². The van der Waals surface area contributed by atoms with Gasteiger partial charge in [0.05, 0.1) is 4.92 Å². The van der Waals surface area contributed by atoms with Crippen molar-refractivity contribution in [1.29, 1.82) is 0 Å². The highest BCUT2D eigenvalue weighted by Crippen LogP contribution is 2.26. The zero-order valence-electron chi connectivity index (χ0n) is 9.77. The summed E-state index contributed by atoms with van der Waals surface area (Å²) in [6.45, 7) is 0.604. The van der Waals surface area contributed by atoms with Crippen molar-refractivity contribution in [3.05, 3.63) is 67.1 Å². The molecule has 2 rings (SSSR count). The smallest absolute Gasteiger partial charge is 0.269 e. The van der Waals surface area contributed by atoms with Gasteiger partial charge in [-0.25, -0.2) is 0 Å². The Morgan fingerprint density at radius 2 is 1.79 bits per heavy atom. The Morgan fingerprint density at radius 1 is 1.11 bits per heavy atom. The second kappa shape index (κ2) is 6.16. The molecule has 1 N–H and O–H groups in total. The van der Waals surface area contributed by atoms with Crippen molar-refractivity contribution in [2.45, 2.75) is 6.54 Å². The van der Waals surface area contributed by atoms with Crippen LogP contribution < -0.4 is 5.32 Å². The fourth-order valence-corrected chi connectivity index (χ4v) is 2.31. The Morgan fingerprint density at radius 3 is 2.42 bits per heavy atom. The number of nitrogens with zero attached hydrogens (tertiary/aromatic N) is 1. The van der Waals surface area contributed by atoms with Gasteiger partial charge in [-0.05, 0) is 39.7 Å². The van der Waals surface area contributed by atoms with Crippen LogP contribution in [0.25, 0.3) is 0 Å². The lowest BCUT2D eigenvalue weighted by Crippen LogP contribution is -2.00. The van der Waals surface area contributed by atoms with Crippen molar-refractivity contribution < 1.29 is 4.92 Å². The zero-order valence-corrected chi connectivity index (χ0v) is 12.9. The van der Waals surface area contributed by atoms with Crippen molar-refractivity contribution in [2.75, 3.05) is 5.32 Å². The van der Waals surface area contributed by atoms with Crippen LogP contribution in [0.1, 0.15) is 5.56 Å². The summed E-state index contributed by atoms with van der Waals surface area (Å²) in [6.07, 6.45) is 0. The van der Waals surface area contributed by atoms with Crippen molar-refractivity contribution in [3.63, 3.8) is 0 Å². The Balaban J connectivity index is 2.06. The number of nitro benzene ring substituents is 1. The van der Waals surface area contributed by atoms with Gasteiger partial charge in [-0.1, -0.05) is 28.1 Å². The number of hydrogen-bond donors (Lipinski definition) is 1. The SMILES string of the molecule is O=[N+]([O-])c1ccc(CNc2cc(Br)ccc2Br)cc1. The van der Waals surface area contributed by atoms with Crippen LogP contribution in [0, 0.1) is 10.1 Å². The van der Waals surface area contributed by atoms with Gasteiger partial charge in [-0.15, -0.1) is 0 Å². The van der Waals surface area contributed by atoms with Crippen LogP contribution in [0.15, 0.2) is 51.4 Å². The minimum Gasteiger partial charge on any atom is -0.380 e. The lowest BCUT2D eigenvalue weighted by atomic mass is 10.2. The number of hydrogen-bond acceptors (Lipinski definition) is 3. The van der Waals surface area contributed by atoms with E-state index in [2.05, 4.69) is 37.2 Å². The van der Waals surface area contributed by atoms with Gasteiger partial charge in [0.2, 0.25) is 0 Å². The highest BCUT2D eigenvalue weighted by atomic mass is 79.9. The van der Waals surface area contributed by atoms with Crippen LogP contribution in [0.5, 0.6) is 0 Å². The summed E-state index contributed by atoms with van der Waals surface area (Å²) in [5.41, 5.74) is 2.05. The van der Waals surface area contributed by atoms with E-state index in [-0.39, 0.29) is 5.69 Å². The molecule has 6 heteroatoms. The number of benzene rings is 2. The van der Waals surface area contributed by atoms with Crippen LogP contribution in [-0.4, -0.2) is 4.92 Å². The van der Waals surface area contributed by atoms with Gasteiger partial charge in [-0.2, -0.15) is 0 Å². The maximum Gasteiger partial charge on any atom is 0.269 e. The van der Waals surface area contributed by atoms with Crippen LogP contribution >= 0.6 is 31.9 Å². The standard InChI is InChI=1S/C13H10Br2N2O2/c14-10-3-6-12(15)13(7-10)16-8-9-1-4-11(5-2-9)17(18)19/h1-7,16H,8H2. The normalized spacial score (nSPS) is 10.2. The van der Waals surface area contributed by atoms with Crippen LogP contribution in [0.3, 0.4) is 0 Å². The summed E-state index contributed by atoms with van der Waals surface area (Å²) in [7, 11) is 0. The van der Waals surface area contributed by atoms with Crippen LogP contribution in [-0.2, 0) is 6.54 Å². The molecule has 0 atom stereocenters. The van der Waals surface area contributed by atoms with Gasteiger partial charge in [0.15, 0.2) is 0 Å². The fourth-order valence-electron chi connectivity index (χ4n) is 1.57. The van der Waals surface area contributed by atoms with Crippen molar-refractivity contribution in [2.24, 2.45) is 0 Å². The van der Waals surface area contributed by atoms with E-state index >= 15 is 0 Å². The number of non-ortho nitro benzene ring substituents is 1. The monoisotopic (exact) mass is 384 g/mol. The van der Waals surface area contributed by atoms with Gasteiger partial charge in [0.1, 0.15) is 0 Å². The van der Waals surface area contributed by atoms with Crippen molar-refractivity contribution >= 4 is 43.2 Å². The Labute approximate surface area is 127 Å². The summed E-state index contributed by atoms with van der Waals surface area (Å²) < 4.78 is 1.96. The number of rotatable bonds is 4. The molecule has 0 bridgehead atoms. The quantitative estimate of drug-likeness (QED) is 0.611. The zero-order chi connectivity index (χ0) is 13.8. The Bertz CT molecular complexity index is 600. The molecule has 0 heterocycles. The topological polar surface area (TPSA) is 55.2 Å². The van der Waals surface area contributed by atoms with Crippen molar-refractivity contribution in [1.82, 2.24) is 0 Å². The second-order valence-electron chi connectivity index (χ2n) is 3.90. The third kappa shape index (κ3) is 3.78. The molecule has 0 aliphatic carbocycles. The number of halogens is 2. The molecule has 0 saturated heterocycles. The Kier molecular flexibility index (Phi) is 4.55. The average Bonchev–Trinajstić information content (AvgIpc) is 2.40. The average molecular weight is 386 g/mol. The molecule has 0 unspecified atom stereocenters. The molecule has 4 nitrogen and oxygen atoms in total. The molecule has 0 amide bonds. The summed E-state index contributed by atoms with van der Waals surface area (Å²) >= 11 is 6.87. The first-order valence-electron chi connectivity index (χ1n) is 5.48. The minimum absolute atomic E-state index is 0.104. The maximum atomic E-state index is 10.6. The minimum atomic E-state index is -0.401. The van der Waals surface area contributed by atoms with E-state index in [1.807, 2.05) is 18.2 Å². The summed E-state index contributed by atoms with van der Waals surface area (Å²) in [4.78, 5) is 10.2. The van der Waals surface area contributed by atoms with E-state index in [9.17, 15) is 10.1 Å². The molecular weight excluding hydrogens is 376 g/mol. The molecule has 0 radical (unpaired) electrons. The largest absolute Gasteiger partial charge is 0.380 e. The molecule has 0 fully saturated rings. The third-order valence-corrected chi connectivity index (χ3v) is 3.74. The van der Waals surface area contributed by atoms with E-state index in [0.717, 1.165) is 20.2 Å². The second-order valence-corrected chi connectivity index (χ2v) is 5.67. The molecule has 2 aromatic carbocycles.